The minimum Gasteiger partial charge on any atom is -0.351 e. The molecule has 0 saturated carbocycles. The highest BCUT2D eigenvalue weighted by atomic mass is 32.2. The molecule has 1 aliphatic heterocycles. The van der Waals surface area contributed by atoms with Crippen LogP contribution in [0.25, 0.3) is 0 Å². The first-order valence-corrected chi connectivity index (χ1v) is 11.5. The van der Waals surface area contributed by atoms with Gasteiger partial charge in [0, 0.05) is 37.1 Å². The van der Waals surface area contributed by atoms with Gasteiger partial charge in [-0.3, -0.25) is 14.5 Å². The van der Waals surface area contributed by atoms with E-state index in [1.165, 1.54) is 50.2 Å². The van der Waals surface area contributed by atoms with Gasteiger partial charge < -0.3 is 10.6 Å². The zero-order chi connectivity index (χ0) is 21.3. The molecule has 0 spiro atoms. The van der Waals surface area contributed by atoms with Crippen LogP contribution in [-0.4, -0.2) is 35.6 Å². The number of thioether (sulfide) groups is 1. The summed E-state index contributed by atoms with van der Waals surface area (Å²) in [6.45, 7) is 7.74. The number of piperidine rings is 1. The number of nitrogens with one attached hydrogen (secondary N) is 2. The fourth-order valence-corrected chi connectivity index (χ4v) is 4.42. The number of rotatable bonds is 8. The summed E-state index contributed by atoms with van der Waals surface area (Å²) in [7, 11) is 0. The Morgan fingerprint density at radius 1 is 1.07 bits per heavy atom. The number of benzene rings is 2. The van der Waals surface area contributed by atoms with Crippen LogP contribution in [0.5, 0.6) is 0 Å². The highest BCUT2D eigenvalue weighted by molar-refractivity contribution is 8.00. The molecular weight excluding hydrogens is 394 g/mol. The van der Waals surface area contributed by atoms with Gasteiger partial charge in [-0.1, -0.05) is 31.2 Å². The molecule has 1 heterocycles. The lowest BCUT2D eigenvalue weighted by atomic mass is 9.99. The van der Waals surface area contributed by atoms with Crippen molar-refractivity contribution in [3.8, 4) is 0 Å². The van der Waals surface area contributed by atoms with Crippen LogP contribution in [0, 0.1) is 5.92 Å². The number of hydrogen-bond donors (Lipinski definition) is 2. The molecule has 0 bridgehead atoms. The molecule has 1 fully saturated rings. The molecule has 0 unspecified atom stereocenters. The van der Waals surface area contributed by atoms with Gasteiger partial charge in [0.15, 0.2) is 0 Å². The van der Waals surface area contributed by atoms with Crippen LogP contribution in [0.3, 0.4) is 0 Å². The Morgan fingerprint density at radius 2 is 1.77 bits per heavy atom. The number of carbonyl (C=O) groups is 2. The maximum atomic E-state index is 12.2. The van der Waals surface area contributed by atoms with Gasteiger partial charge in [-0.15, -0.1) is 11.8 Å². The summed E-state index contributed by atoms with van der Waals surface area (Å²) in [5, 5.41) is 5.72. The lowest BCUT2D eigenvalue weighted by molar-refractivity contribution is -0.118. The molecule has 1 atom stereocenters. The van der Waals surface area contributed by atoms with E-state index in [9.17, 15) is 9.59 Å². The van der Waals surface area contributed by atoms with Crippen LogP contribution < -0.4 is 10.6 Å². The second-order valence-corrected chi connectivity index (χ2v) is 9.12. The van der Waals surface area contributed by atoms with E-state index in [4.69, 9.17) is 0 Å². The zero-order valence-electron chi connectivity index (χ0n) is 17.8. The van der Waals surface area contributed by atoms with Crippen molar-refractivity contribution >= 4 is 29.3 Å². The Bertz CT molecular complexity index is 837. The van der Waals surface area contributed by atoms with Gasteiger partial charge in [-0.25, -0.2) is 0 Å². The molecule has 2 N–H and O–H groups in total. The topological polar surface area (TPSA) is 61.4 Å². The van der Waals surface area contributed by atoms with Gasteiger partial charge in [-0.2, -0.15) is 0 Å². The third-order valence-electron chi connectivity index (χ3n) is 5.20. The molecule has 6 heteroatoms. The minimum atomic E-state index is -0.0936. The van der Waals surface area contributed by atoms with Gasteiger partial charge >= 0.3 is 0 Å². The Morgan fingerprint density at radius 3 is 2.43 bits per heavy atom. The first-order chi connectivity index (χ1) is 14.5. The summed E-state index contributed by atoms with van der Waals surface area (Å²) in [5.74, 6) is 1.08. The highest BCUT2D eigenvalue weighted by Gasteiger charge is 2.16. The monoisotopic (exact) mass is 425 g/mol. The molecule has 2 aromatic rings. The molecule has 2 aromatic carbocycles. The van der Waals surface area contributed by atoms with Crippen LogP contribution in [0.1, 0.15) is 37.8 Å². The van der Waals surface area contributed by atoms with Gasteiger partial charge in [0.2, 0.25) is 11.8 Å². The predicted molar refractivity (Wildman–Crippen MR) is 123 cm³/mol. The maximum absolute atomic E-state index is 12.2. The van der Waals surface area contributed by atoms with Crippen molar-refractivity contribution < 1.29 is 9.59 Å². The van der Waals surface area contributed by atoms with Crippen molar-refractivity contribution in [2.75, 3.05) is 24.2 Å². The second kappa shape index (κ2) is 11.2. The van der Waals surface area contributed by atoms with Crippen molar-refractivity contribution in [2.45, 2.75) is 44.7 Å². The summed E-state index contributed by atoms with van der Waals surface area (Å²) in [6.07, 6.45) is 2.64. The second-order valence-electron chi connectivity index (χ2n) is 8.07. The average molecular weight is 426 g/mol. The van der Waals surface area contributed by atoms with Crippen molar-refractivity contribution in [3.05, 3.63) is 59.7 Å². The lowest BCUT2D eigenvalue weighted by Gasteiger charge is -2.30. The molecule has 2 amide bonds. The van der Waals surface area contributed by atoms with Crippen molar-refractivity contribution in [1.29, 1.82) is 0 Å². The number of carbonyl (C=O) groups excluding carboxylic acids is 2. The quantitative estimate of drug-likeness (QED) is 0.620. The van der Waals surface area contributed by atoms with E-state index in [1.54, 1.807) is 0 Å². The standard InChI is InChI=1S/C24H31N3O2S/c1-18-4-3-13-27(15-18)16-21-7-5-20(6-8-21)14-25-24(29)17-30-23-11-9-22(10-12-23)26-19(2)28/h5-12,18H,3-4,13-17H2,1-2H3,(H,25,29)(H,26,28)/t18-/m0/s1. The van der Waals surface area contributed by atoms with Crippen LogP contribution >= 0.6 is 11.8 Å². The molecule has 160 valence electrons. The summed E-state index contributed by atoms with van der Waals surface area (Å²) in [4.78, 5) is 26.7. The Labute approximate surface area is 183 Å². The first kappa shape index (κ1) is 22.4. The Balaban J connectivity index is 1.38. The maximum Gasteiger partial charge on any atom is 0.230 e. The van der Waals surface area contributed by atoms with Gasteiger partial charge in [-0.05, 0) is 60.7 Å². The molecule has 1 aliphatic rings. The van der Waals surface area contributed by atoms with Gasteiger partial charge in [0.1, 0.15) is 0 Å². The predicted octanol–water partition coefficient (Wildman–Crippen LogP) is 4.29. The molecule has 0 aromatic heterocycles. The molecular formula is C24H31N3O2S. The Hall–Kier alpha value is -2.31. The Kier molecular flexibility index (Phi) is 8.34. The molecule has 3 rings (SSSR count). The van der Waals surface area contributed by atoms with E-state index in [0.29, 0.717) is 12.3 Å². The molecule has 30 heavy (non-hydrogen) atoms. The summed E-state index contributed by atoms with van der Waals surface area (Å²) in [5.41, 5.74) is 3.20. The van der Waals surface area contributed by atoms with E-state index < -0.39 is 0 Å². The number of nitrogens with zero attached hydrogens (tertiary/aromatic N) is 1. The number of amides is 2. The SMILES string of the molecule is CC(=O)Nc1ccc(SCC(=O)NCc2ccc(CN3CCC[C@H](C)C3)cc2)cc1. The lowest BCUT2D eigenvalue weighted by Crippen LogP contribution is -2.33. The number of hydrogen-bond acceptors (Lipinski definition) is 4. The fourth-order valence-electron chi connectivity index (χ4n) is 3.69. The molecule has 0 aliphatic carbocycles. The van der Waals surface area contributed by atoms with Gasteiger partial charge in [0.25, 0.3) is 0 Å². The van der Waals surface area contributed by atoms with Crippen molar-refractivity contribution in [2.24, 2.45) is 5.92 Å². The van der Waals surface area contributed by atoms with Crippen LogP contribution in [0.15, 0.2) is 53.4 Å². The van der Waals surface area contributed by atoms with E-state index >= 15 is 0 Å². The third kappa shape index (κ3) is 7.50. The van der Waals surface area contributed by atoms with Crippen LogP contribution in [0.4, 0.5) is 5.69 Å². The minimum absolute atomic E-state index is 0.0114. The van der Waals surface area contributed by atoms with E-state index in [-0.39, 0.29) is 11.8 Å². The average Bonchev–Trinajstić information content (AvgIpc) is 2.72. The smallest absolute Gasteiger partial charge is 0.230 e. The van der Waals surface area contributed by atoms with Crippen LogP contribution in [-0.2, 0) is 22.7 Å². The molecule has 0 radical (unpaired) electrons. The van der Waals surface area contributed by atoms with Crippen LogP contribution in [0.2, 0.25) is 0 Å². The zero-order valence-corrected chi connectivity index (χ0v) is 18.6. The first-order valence-electron chi connectivity index (χ1n) is 10.6. The summed E-state index contributed by atoms with van der Waals surface area (Å²) < 4.78 is 0. The summed E-state index contributed by atoms with van der Waals surface area (Å²) >= 11 is 1.48. The van der Waals surface area contributed by atoms with Crippen molar-refractivity contribution in [1.82, 2.24) is 10.2 Å². The largest absolute Gasteiger partial charge is 0.351 e. The van der Waals surface area contributed by atoms with Crippen molar-refractivity contribution in [3.63, 3.8) is 0 Å². The van der Waals surface area contributed by atoms with Gasteiger partial charge in [0.05, 0.1) is 5.75 Å². The molecule has 1 saturated heterocycles. The normalized spacial score (nSPS) is 16.8. The number of anilines is 1. The van der Waals surface area contributed by atoms with E-state index in [0.717, 1.165) is 28.6 Å². The fraction of sp³-hybridized carbons (Fsp3) is 0.417. The number of likely N-dealkylation sites (tertiary alicyclic amines) is 1. The summed E-state index contributed by atoms with van der Waals surface area (Å²) in [6, 6.07) is 16.1. The molecule has 5 nitrogen and oxygen atoms in total. The third-order valence-corrected chi connectivity index (χ3v) is 6.22. The van der Waals surface area contributed by atoms with E-state index in [2.05, 4.69) is 46.7 Å². The van der Waals surface area contributed by atoms with E-state index in [1.807, 2.05) is 24.3 Å². The highest BCUT2D eigenvalue weighted by Crippen LogP contribution is 2.20.